The van der Waals surface area contributed by atoms with Crippen molar-refractivity contribution in [3.63, 3.8) is 0 Å². The zero-order valence-electron chi connectivity index (χ0n) is 11.9. The maximum absolute atomic E-state index is 11.3. The molecule has 0 unspecified atom stereocenters. The van der Waals surface area contributed by atoms with E-state index in [1.807, 2.05) is 18.2 Å². The van der Waals surface area contributed by atoms with Crippen molar-refractivity contribution in [1.29, 1.82) is 0 Å². The van der Waals surface area contributed by atoms with Gasteiger partial charge in [0, 0.05) is 0 Å². The molecule has 22 heavy (non-hydrogen) atoms. The van der Waals surface area contributed by atoms with Crippen LogP contribution in [-0.4, -0.2) is 27.0 Å². The Balaban J connectivity index is 1.98. The van der Waals surface area contributed by atoms with E-state index in [4.69, 9.17) is 4.74 Å². The molecule has 0 aliphatic rings. The molecule has 0 aromatic heterocycles. The molecule has 3 aromatic rings. The Morgan fingerprint density at radius 3 is 2.50 bits per heavy atom. The molecule has 0 fully saturated rings. The third kappa shape index (κ3) is 2.96. The van der Waals surface area contributed by atoms with Crippen LogP contribution in [0.4, 0.5) is 5.69 Å². The summed E-state index contributed by atoms with van der Waals surface area (Å²) in [7, 11) is 1.51. The number of nitrogens with zero attached hydrogens (tertiary/aromatic N) is 1. The molecule has 0 spiro atoms. The molecule has 0 amide bonds. The molecular weight excluding hydrogens is 345 g/mol. The molecule has 0 saturated heterocycles. The van der Waals surface area contributed by atoms with Crippen LogP contribution in [-0.2, 0) is 0 Å². The molecule has 0 aliphatic heterocycles. The van der Waals surface area contributed by atoms with Gasteiger partial charge in [-0.05, 0) is 0 Å². The summed E-state index contributed by atoms with van der Waals surface area (Å²) in [6, 6.07) is 19.3. The van der Waals surface area contributed by atoms with E-state index >= 15 is 0 Å². The van der Waals surface area contributed by atoms with Crippen molar-refractivity contribution < 1.29 is 9.66 Å². The topological polar surface area (TPSA) is 52.4 Å². The normalized spacial score (nSPS) is 10.6. The fraction of sp³-hybridized carbons (Fsp3) is 0.0588. The number of nitro benzene ring substituents is 1. The van der Waals surface area contributed by atoms with Crippen LogP contribution >= 0.6 is 0 Å². The van der Waals surface area contributed by atoms with Gasteiger partial charge >= 0.3 is 134 Å². The van der Waals surface area contributed by atoms with E-state index in [-0.39, 0.29) is 25.6 Å². The Hall–Kier alpha value is -2.36. The summed E-state index contributed by atoms with van der Waals surface area (Å²) >= 11 is -0.126. The van der Waals surface area contributed by atoms with E-state index in [9.17, 15) is 10.1 Å². The predicted molar refractivity (Wildman–Crippen MR) is 88.6 cm³/mol. The summed E-state index contributed by atoms with van der Waals surface area (Å²) in [4.78, 5) is 10.9. The Bertz CT molecular complexity index is 848. The van der Waals surface area contributed by atoms with Gasteiger partial charge in [0.05, 0.1) is 0 Å². The number of ether oxygens (including phenoxy) is 1. The molecule has 0 atom stereocenters. The van der Waals surface area contributed by atoms with Crippen LogP contribution in [0, 0.1) is 10.1 Å². The fourth-order valence-electron chi connectivity index (χ4n) is 2.21. The summed E-state index contributed by atoms with van der Waals surface area (Å²) < 4.78 is 6.93. The minimum absolute atomic E-state index is 0.118. The number of hydrogen-bond donors (Lipinski definition) is 0. The first-order chi connectivity index (χ1) is 10.7. The molecular formula is C17H13NO3Se. The second-order valence-electron chi connectivity index (χ2n) is 4.70. The van der Waals surface area contributed by atoms with Crippen molar-refractivity contribution in [3.05, 3.63) is 70.8 Å². The zero-order valence-corrected chi connectivity index (χ0v) is 13.6. The van der Waals surface area contributed by atoms with Gasteiger partial charge in [-0.15, -0.1) is 0 Å². The van der Waals surface area contributed by atoms with Crippen LogP contribution < -0.4 is 13.7 Å². The molecule has 5 heteroatoms. The molecule has 0 aliphatic carbocycles. The molecule has 0 saturated carbocycles. The van der Waals surface area contributed by atoms with Crippen LogP contribution in [0.5, 0.6) is 5.75 Å². The van der Waals surface area contributed by atoms with E-state index in [0.717, 1.165) is 14.3 Å². The van der Waals surface area contributed by atoms with Gasteiger partial charge in [-0.25, -0.2) is 0 Å². The number of fused-ring (bicyclic) bond motifs is 1. The minimum atomic E-state index is -0.347. The van der Waals surface area contributed by atoms with Crippen LogP contribution in [0.25, 0.3) is 10.8 Å². The number of hydrogen-bond acceptors (Lipinski definition) is 3. The molecule has 0 N–H and O–H groups in total. The Morgan fingerprint density at radius 1 is 1.00 bits per heavy atom. The molecule has 3 aromatic carbocycles. The summed E-state index contributed by atoms with van der Waals surface area (Å²) in [5.41, 5.74) is 0.118. The zero-order chi connectivity index (χ0) is 15.5. The molecule has 110 valence electrons. The third-order valence-corrected chi connectivity index (χ3v) is 5.52. The fourth-order valence-corrected chi connectivity index (χ4v) is 4.20. The van der Waals surface area contributed by atoms with Crippen molar-refractivity contribution in [1.82, 2.24) is 0 Å². The number of rotatable bonds is 4. The monoisotopic (exact) mass is 359 g/mol. The van der Waals surface area contributed by atoms with Gasteiger partial charge in [-0.2, -0.15) is 0 Å². The van der Waals surface area contributed by atoms with E-state index in [1.54, 1.807) is 12.1 Å². The van der Waals surface area contributed by atoms with E-state index in [2.05, 4.69) is 24.3 Å². The van der Waals surface area contributed by atoms with Crippen molar-refractivity contribution in [3.8, 4) is 5.75 Å². The maximum atomic E-state index is 11.3. The number of benzene rings is 3. The first-order valence-corrected chi connectivity index (χ1v) is 8.38. The number of methoxy groups -OCH3 is 1. The Labute approximate surface area is 134 Å². The summed E-state index contributed by atoms with van der Waals surface area (Å²) in [6.07, 6.45) is 0. The molecule has 4 nitrogen and oxygen atoms in total. The standard InChI is InChI=1S/C17H13NO3Se/c1-21-14-7-9-17(16(11-14)18(19)20)22-15-8-6-12-4-2-3-5-13(12)10-15/h2-11H,1H3. The molecule has 0 heterocycles. The third-order valence-electron chi connectivity index (χ3n) is 3.31. The second kappa shape index (κ2) is 6.18. The number of nitro groups is 1. The SMILES string of the molecule is COc1ccc([Se]c2ccc3ccccc3c2)c([N+](=O)[O-])c1. The van der Waals surface area contributed by atoms with Gasteiger partial charge in [-0.1, -0.05) is 0 Å². The van der Waals surface area contributed by atoms with Crippen LogP contribution in [0.3, 0.4) is 0 Å². The summed E-state index contributed by atoms with van der Waals surface area (Å²) in [5, 5.41) is 13.6. The average molecular weight is 358 g/mol. The second-order valence-corrected chi connectivity index (χ2v) is 7.04. The quantitative estimate of drug-likeness (QED) is 0.409. The molecule has 3 rings (SSSR count). The Kier molecular flexibility index (Phi) is 4.09. The predicted octanol–water partition coefficient (Wildman–Crippen LogP) is 2.41. The van der Waals surface area contributed by atoms with Gasteiger partial charge < -0.3 is 0 Å². The summed E-state index contributed by atoms with van der Waals surface area (Å²) in [5.74, 6) is 0.504. The van der Waals surface area contributed by atoms with Crippen LogP contribution in [0.15, 0.2) is 60.7 Å². The first-order valence-electron chi connectivity index (χ1n) is 6.66. The van der Waals surface area contributed by atoms with Crippen molar-refractivity contribution in [2.75, 3.05) is 7.11 Å². The van der Waals surface area contributed by atoms with E-state index in [1.165, 1.54) is 18.6 Å². The van der Waals surface area contributed by atoms with E-state index in [0.29, 0.717) is 5.75 Å². The summed E-state index contributed by atoms with van der Waals surface area (Å²) in [6.45, 7) is 0. The van der Waals surface area contributed by atoms with Crippen molar-refractivity contribution >= 4 is 40.3 Å². The van der Waals surface area contributed by atoms with Gasteiger partial charge in [0.2, 0.25) is 0 Å². The van der Waals surface area contributed by atoms with Crippen molar-refractivity contribution in [2.24, 2.45) is 0 Å². The van der Waals surface area contributed by atoms with Crippen LogP contribution in [0.2, 0.25) is 0 Å². The van der Waals surface area contributed by atoms with Gasteiger partial charge in [0.1, 0.15) is 0 Å². The molecule has 0 bridgehead atoms. The van der Waals surface area contributed by atoms with Crippen molar-refractivity contribution in [2.45, 2.75) is 0 Å². The van der Waals surface area contributed by atoms with Gasteiger partial charge in [0.15, 0.2) is 0 Å². The average Bonchev–Trinajstić information content (AvgIpc) is 2.55. The Morgan fingerprint density at radius 2 is 1.77 bits per heavy atom. The first kappa shape index (κ1) is 14.6. The van der Waals surface area contributed by atoms with Gasteiger partial charge in [0.25, 0.3) is 0 Å². The van der Waals surface area contributed by atoms with Crippen LogP contribution in [0.1, 0.15) is 0 Å². The van der Waals surface area contributed by atoms with Gasteiger partial charge in [-0.3, -0.25) is 0 Å². The molecule has 0 radical (unpaired) electrons. The van der Waals surface area contributed by atoms with E-state index < -0.39 is 0 Å².